The van der Waals surface area contributed by atoms with Gasteiger partial charge in [-0.2, -0.15) is 0 Å². The van der Waals surface area contributed by atoms with Crippen molar-refractivity contribution in [1.29, 1.82) is 0 Å². The van der Waals surface area contributed by atoms with Gasteiger partial charge in [-0.3, -0.25) is 4.79 Å². The zero-order chi connectivity index (χ0) is 11.4. The largest absolute Gasteiger partial charge is 0.465 e. The van der Waals surface area contributed by atoms with Gasteiger partial charge >= 0.3 is 5.97 Å². The molecule has 0 amide bonds. The van der Waals surface area contributed by atoms with E-state index in [4.69, 9.17) is 0 Å². The van der Waals surface area contributed by atoms with Crippen molar-refractivity contribution in [2.45, 2.75) is 19.8 Å². The number of hydrogen-bond acceptors (Lipinski definition) is 3. The molecule has 0 aromatic heterocycles. The highest BCUT2D eigenvalue weighted by molar-refractivity contribution is 5.98. The second-order valence-corrected chi connectivity index (χ2v) is 3.61. The molecule has 0 heterocycles. The van der Waals surface area contributed by atoms with Gasteiger partial charge in [-0.1, -0.05) is 26.0 Å². The van der Waals surface area contributed by atoms with Crippen LogP contribution in [0.4, 0.5) is 0 Å². The Bertz CT molecular complexity index is 380. The first-order valence-corrected chi connectivity index (χ1v) is 4.77. The van der Waals surface area contributed by atoms with E-state index in [-0.39, 0.29) is 0 Å². The van der Waals surface area contributed by atoms with Crippen LogP contribution < -0.4 is 0 Å². The van der Waals surface area contributed by atoms with Gasteiger partial charge in [-0.05, 0) is 17.5 Å². The van der Waals surface area contributed by atoms with E-state index in [2.05, 4.69) is 4.74 Å². The Labute approximate surface area is 89.1 Å². The lowest BCUT2D eigenvalue weighted by atomic mass is 9.98. The van der Waals surface area contributed by atoms with Crippen LogP contribution in [-0.2, 0) is 4.74 Å². The van der Waals surface area contributed by atoms with Crippen LogP contribution in [-0.4, -0.2) is 19.4 Å². The quantitative estimate of drug-likeness (QED) is 0.563. The smallest absolute Gasteiger partial charge is 0.338 e. The standard InChI is InChI=1S/C12H14O3/c1-8(2)9-4-5-10(7-13)11(6-9)12(14)15-3/h4-8H,1-3H3. The first-order valence-electron chi connectivity index (χ1n) is 4.77. The van der Waals surface area contributed by atoms with Gasteiger partial charge in [0.25, 0.3) is 0 Å². The van der Waals surface area contributed by atoms with E-state index in [1.165, 1.54) is 7.11 Å². The van der Waals surface area contributed by atoms with Gasteiger partial charge in [0.2, 0.25) is 0 Å². The molecular weight excluding hydrogens is 192 g/mol. The summed E-state index contributed by atoms with van der Waals surface area (Å²) in [6.07, 6.45) is 0.663. The van der Waals surface area contributed by atoms with Crippen molar-refractivity contribution in [2.24, 2.45) is 0 Å². The zero-order valence-corrected chi connectivity index (χ0v) is 9.11. The fraction of sp³-hybridized carbons (Fsp3) is 0.333. The summed E-state index contributed by atoms with van der Waals surface area (Å²) in [5.74, 6) is -0.159. The van der Waals surface area contributed by atoms with Crippen LogP contribution in [0.1, 0.15) is 46.0 Å². The Morgan fingerprint density at radius 3 is 2.53 bits per heavy atom. The number of hydrogen-bond donors (Lipinski definition) is 0. The second kappa shape index (κ2) is 4.73. The maximum Gasteiger partial charge on any atom is 0.338 e. The Hall–Kier alpha value is -1.64. The van der Waals surface area contributed by atoms with Crippen LogP contribution in [0.5, 0.6) is 0 Å². The van der Waals surface area contributed by atoms with Crippen molar-refractivity contribution in [3.8, 4) is 0 Å². The third kappa shape index (κ3) is 2.43. The summed E-state index contributed by atoms with van der Waals surface area (Å²) < 4.78 is 4.62. The third-order valence-corrected chi connectivity index (χ3v) is 2.28. The van der Waals surface area contributed by atoms with E-state index in [0.29, 0.717) is 23.3 Å². The number of esters is 1. The minimum Gasteiger partial charge on any atom is -0.465 e. The van der Waals surface area contributed by atoms with Crippen LogP contribution in [0.3, 0.4) is 0 Å². The molecule has 0 saturated carbocycles. The van der Waals surface area contributed by atoms with Gasteiger partial charge in [0.15, 0.2) is 6.29 Å². The van der Waals surface area contributed by atoms with Crippen molar-refractivity contribution in [1.82, 2.24) is 0 Å². The number of carbonyl (C=O) groups is 2. The van der Waals surface area contributed by atoms with E-state index in [1.807, 2.05) is 19.9 Å². The molecule has 0 aliphatic heterocycles. The Kier molecular flexibility index (Phi) is 3.61. The predicted molar refractivity (Wildman–Crippen MR) is 57.3 cm³/mol. The van der Waals surface area contributed by atoms with Crippen molar-refractivity contribution in [3.63, 3.8) is 0 Å². The molecule has 0 saturated heterocycles. The minimum absolute atomic E-state index is 0.314. The summed E-state index contributed by atoms with van der Waals surface area (Å²) in [5.41, 5.74) is 1.71. The van der Waals surface area contributed by atoms with Crippen molar-refractivity contribution < 1.29 is 14.3 Å². The molecule has 0 spiro atoms. The average Bonchev–Trinajstić information content (AvgIpc) is 2.27. The Balaban J connectivity index is 3.25. The molecule has 3 nitrogen and oxygen atoms in total. The zero-order valence-electron chi connectivity index (χ0n) is 9.11. The maximum atomic E-state index is 11.4. The topological polar surface area (TPSA) is 43.4 Å². The fourth-order valence-electron chi connectivity index (χ4n) is 1.32. The number of carbonyl (C=O) groups excluding carboxylic acids is 2. The van der Waals surface area contributed by atoms with E-state index in [9.17, 15) is 9.59 Å². The molecule has 80 valence electrons. The molecule has 0 bridgehead atoms. The maximum absolute atomic E-state index is 11.4. The number of benzene rings is 1. The first kappa shape index (κ1) is 11.4. The highest BCUT2D eigenvalue weighted by Gasteiger charge is 2.13. The van der Waals surface area contributed by atoms with Crippen LogP contribution in [0.15, 0.2) is 18.2 Å². The summed E-state index contributed by atoms with van der Waals surface area (Å²) in [6, 6.07) is 5.20. The van der Waals surface area contributed by atoms with Crippen LogP contribution in [0.2, 0.25) is 0 Å². The average molecular weight is 206 g/mol. The molecule has 0 aliphatic rings. The molecule has 0 fully saturated rings. The SMILES string of the molecule is COC(=O)c1cc(C(C)C)ccc1C=O. The van der Waals surface area contributed by atoms with E-state index in [0.717, 1.165) is 5.56 Å². The Morgan fingerprint density at radius 2 is 2.07 bits per heavy atom. The lowest BCUT2D eigenvalue weighted by Crippen LogP contribution is -2.06. The summed E-state index contributed by atoms with van der Waals surface area (Å²) in [4.78, 5) is 22.1. The molecule has 1 aromatic carbocycles. The van der Waals surface area contributed by atoms with Crippen LogP contribution in [0, 0.1) is 0 Å². The Morgan fingerprint density at radius 1 is 1.40 bits per heavy atom. The summed E-state index contributed by atoms with van der Waals surface area (Å²) in [5, 5.41) is 0. The number of aldehydes is 1. The van der Waals surface area contributed by atoms with E-state index < -0.39 is 5.97 Å². The van der Waals surface area contributed by atoms with Crippen molar-refractivity contribution >= 4 is 12.3 Å². The molecule has 0 N–H and O–H groups in total. The third-order valence-electron chi connectivity index (χ3n) is 2.28. The predicted octanol–water partition coefficient (Wildman–Crippen LogP) is 2.41. The number of ether oxygens (including phenoxy) is 1. The first-order chi connectivity index (χ1) is 7.10. The van der Waals surface area contributed by atoms with Crippen molar-refractivity contribution in [2.75, 3.05) is 7.11 Å². The van der Waals surface area contributed by atoms with Gasteiger partial charge in [-0.15, -0.1) is 0 Å². The molecule has 15 heavy (non-hydrogen) atoms. The van der Waals surface area contributed by atoms with E-state index in [1.54, 1.807) is 12.1 Å². The van der Waals surface area contributed by atoms with Gasteiger partial charge < -0.3 is 4.74 Å². The second-order valence-electron chi connectivity index (χ2n) is 3.61. The molecule has 0 atom stereocenters. The molecular formula is C12H14O3. The number of methoxy groups -OCH3 is 1. The van der Waals surface area contributed by atoms with Gasteiger partial charge in [-0.25, -0.2) is 4.79 Å². The van der Waals surface area contributed by atoms with Crippen LogP contribution in [0.25, 0.3) is 0 Å². The number of rotatable bonds is 3. The summed E-state index contributed by atoms with van der Waals surface area (Å²) in [7, 11) is 1.30. The molecule has 3 heteroatoms. The van der Waals surface area contributed by atoms with Gasteiger partial charge in [0.1, 0.15) is 0 Å². The lowest BCUT2D eigenvalue weighted by molar-refractivity contribution is 0.0598. The summed E-state index contributed by atoms with van der Waals surface area (Å²) >= 11 is 0. The lowest BCUT2D eigenvalue weighted by Gasteiger charge is -2.08. The highest BCUT2D eigenvalue weighted by Crippen LogP contribution is 2.18. The highest BCUT2D eigenvalue weighted by atomic mass is 16.5. The summed E-state index contributed by atoms with van der Waals surface area (Å²) in [6.45, 7) is 4.05. The molecule has 1 aromatic rings. The molecule has 0 unspecified atom stereocenters. The fourth-order valence-corrected chi connectivity index (χ4v) is 1.32. The van der Waals surface area contributed by atoms with E-state index >= 15 is 0 Å². The minimum atomic E-state index is -0.473. The molecule has 1 rings (SSSR count). The normalized spacial score (nSPS) is 10.1. The van der Waals surface area contributed by atoms with Crippen LogP contribution >= 0.6 is 0 Å². The van der Waals surface area contributed by atoms with Gasteiger partial charge in [0.05, 0.1) is 12.7 Å². The van der Waals surface area contributed by atoms with Crippen molar-refractivity contribution in [3.05, 3.63) is 34.9 Å². The monoisotopic (exact) mass is 206 g/mol. The molecule has 0 aliphatic carbocycles. The molecule has 0 radical (unpaired) electrons. The van der Waals surface area contributed by atoms with Gasteiger partial charge in [0, 0.05) is 5.56 Å².